The zero-order valence-electron chi connectivity index (χ0n) is 23.2. The van der Waals surface area contributed by atoms with Crippen molar-refractivity contribution in [2.24, 2.45) is 0 Å². The fourth-order valence-electron chi connectivity index (χ4n) is 4.54. The second kappa shape index (κ2) is 13.3. The van der Waals surface area contributed by atoms with Gasteiger partial charge in [-0.25, -0.2) is 4.79 Å². The summed E-state index contributed by atoms with van der Waals surface area (Å²) in [5.41, 5.74) is 2.01. The van der Waals surface area contributed by atoms with Crippen LogP contribution in [0.3, 0.4) is 0 Å². The molecule has 0 amide bonds. The molecule has 0 bridgehead atoms. The third-order valence-electron chi connectivity index (χ3n) is 6.63. The van der Waals surface area contributed by atoms with E-state index in [9.17, 15) is 4.79 Å². The third kappa shape index (κ3) is 8.16. The summed E-state index contributed by atoms with van der Waals surface area (Å²) < 4.78 is 41.3. The van der Waals surface area contributed by atoms with E-state index < -0.39 is 24.1 Å². The predicted octanol–water partition coefficient (Wildman–Crippen LogP) is 5.14. The van der Waals surface area contributed by atoms with Crippen molar-refractivity contribution in [1.29, 1.82) is 0 Å². The monoisotopic (exact) mass is 538 g/mol. The Hall–Kier alpha value is -3.17. The fraction of sp³-hybridized carbons (Fsp3) is 0.452. The number of hydrogen-bond acceptors (Lipinski definition) is 8. The second-order valence-corrected chi connectivity index (χ2v) is 10.1. The van der Waals surface area contributed by atoms with Gasteiger partial charge in [0.2, 0.25) is 0 Å². The van der Waals surface area contributed by atoms with Crippen LogP contribution in [-0.4, -0.2) is 56.5 Å². The van der Waals surface area contributed by atoms with E-state index in [0.29, 0.717) is 19.6 Å². The van der Waals surface area contributed by atoms with Crippen LogP contribution in [0.25, 0.3) is 0 Å². The summed E-state index contributed by atoms with van der Waals surface area (Å²) in [7, 11) is 3.28. The van der Waals surface area contributed by atoms with Gasteiger partial charge >= 0.3 is 5.97 Å². The highest BCUT2D eigenvalue weighted by molar-refractivity contribution is 5.82. The Balaban J connectivity index is 1.49. The van der Waals surface area contributed by atoms with E-state index in [4.69, 9.17) is 33.2 Å². The zero-order valence-corrected chi connectivity index (χ0v) is 23.2. The first-order chi connectivity index (χ1) is 18.8. The van der Waals surface area contributed by atoms with Crippen LogP contribution in [0.5, 0.6) is 11.5 Å². The molecule has 0 saturated carbocycles. The normalized spacial score (nSPS) is 23.9. The summed E-state index contributed by atoms with van der Waals surface area (Å²) in [6.45, 7) is 6.50. The topological polar surface area (TPSA) is 81.7 Å². The molecular formula is C31H38O8. The van der Waals surface area contributed by atoms with E-state index in [1.807, 2.05) is 87.5 Å². The number of methoxy groups -OCH3 is 2. The maximum Gasteiger partial charge on any atom is 0.331 e. The van der Waals surface area contributed by atoms with Gasteiger partial charge in [0.15, 0.2) is 5.79 Å². The molecule has 1 saturated heterocycles. The highest BCUT2D eigenvalue weighted by Gasteiger charge is 2.47. The molecule has 5 atom stereocenters. The molecule has 8 nitrogen and oxygen atoms in total. The van der Waals surface area contributed by atoms with Gasteiger partial charge in [0.1, 0.15) is 35.9 Å². The summed E-state index contributed by atoms with van der Waals surface area (Å²) in [6, 6.07) is 15.5. The third-order valence-corrected chi connectivity index (χ3v) is 6.63. The fourth-order valence-corrected chi connectivity index (χ4v) is 4.54. The van der Waals surface area contributed by atoms with Gasteiger partial charge in [-0.2, -0.15) is 0 Å². The van der Waals surface area contributed by atoms with Crippen LogP contribution in [-0.2, 0) is 41.7 Å². The lowest BCUT2D eigenvalue weighted by Crippen LogP contribution is -2.42. The molecular weight excluding hydrogens is 500 g/mol. The van der Waals surface area contributed by atoms with Crippen molar-refractivity contribution in [1.82, 2.24) is 0 Å². The van der Waals surface area contributed by atoms with E-state index in [-0.39, 0.29) is 18.2 Å². The molecule has 1 fully saturated rings. The molecule has 2 aromatic rings. The summed E-state index contributed by atoms with van der Waals surface area (Å²) >= 11 is 0. The molecule has 0 N–H and O–H groups in total. The molecule has 4 rings (SSSR count). The first-order valence-corrected chi connectivity index (χ1v) is 13.2. The summed E-state index contributed by atoms with van der Waals surface area (Å²) in [5, 5.41) is 0. The van der Waals surface area contributed by atoms with E-state index >= 15 is 0 Å². The van der Waals surface area contributed by atoms with Crippen LogP contribution in [0, 0.1) is 0 Å². The van der Waals surface area contributed by atoms with E-state index in [1.165, 1.54) is 6.08 Å². The van der Waals surface area contributed by atoms with Gasteiger partial charge in [-0.3, -0.25) is 0 Å². The summed E-state index contributed by atoms with van der Waals surface area (Å²) in [6.07, 6.45) is 5.59. The number of cyclic esters (lactones) is 1. The second-order valence-electron chi connectivity index (χ2n) is 10.1. The van der Waals surface area contributed by atoms with Gasteiger partial charge in [0, 0.05) is 12.5 Å². The van der Waals surface area contributed by atoms with E-state index in [2.05, 4.69) is 0 Å². The number of carbonyl (C=O) groups excluding carboxylic acids is 1. The molecule has 2 heterocycles. The number of hydrogen-bond donors (Lipinski definition) is 0. The Kier molecular flexibility index (Phi) is 9.80. The maximum atomic E-state index is 11.7. The van der Waals surface area contributed by atoms with Crippen LogP contribution in [0.4, 0.5) is 0 Å². The van der Waals surface area contributed by atoms with Gasteiger partial charge in [-0.15, -0.1) is 0 Å². The number of carbonyl (C=O) groups is 1. The van der Waals surface area contributed by atoms with Gasteiger partial charge < -0.3 is 33.2 Å². The Morgan fingerprint density at radius 1 is 0.897 bits per heavy atom. The number of ether oxygens (including phenoxy) is 7. The maximum absolute atomic E-state index is 11.7. The van der Waals surface area contributed by atoms with Crippen molar-refractivity contribution < 1.29 is 38.0 Å². The van der Waals surface area contributed by atoms with Crippen LogP contribution < -0.4 is 9.47 Å². The van der Waals surface area contributed by atoms with Crippen molar-refractivity contribution in [3.05, 3.63) is 84.0 Å². The number of rotatable bonds is 12. The lowest BCUT2D eigenvalue weighted by molar-refractivity contribution is -0.163. The van der Waals surface area contributed by atoms with Gasteiger partial charge in [0.05, 0.1) is 33.5 Å². The molecule has 39 heavy (non-hydrogen) atoms. The Morgan fingerprint density at radius 3 is 2.03 bits per heavy atom. The molecule has 0 spiro atoms. The minimum Gasteiger partial charge on any atom is -0.497 e. The summed E-state index contributed by atoms with van der Waals surface area (Å²) in [5.74, 6) is 0.387. The average molecular weight is 539 g/mol. The zero-order chi connectivity index (χ0) is 27.8. The summed E-state index contributed by atoms with van der Waals surface area (Å²) in [4.78, 5) is 11.7. The van der Waals surface area contributed by atoms with Crippen molar-refractivity contribution >= 4 is 5.97 Å². The molecule has 0 unspecified atom stereocenters. The van der Waals surface area contributed by atoms with Gasteiger partial charge in [0.25, 0.3) is 0 Å². The minimum absolute atomic E-state index is 0.296. The largest absolute Gasteiger partial charge is 0.497 e. The molecule has 2 aromatic carbocycles. The molecule has 0 aliphatic carbocycles. The Bertz CT molecular complexity index is 1120. The first-order valence-electron chi connectivity index (χ1n) is 13.2. The molecule has 0 aromatic heterocycles. The quantitative estimate of drug-likeness (QED) is 0.271. The first kappa shape index (κ1) is 28.8. The smallest absolute Gasteiger partial charge is 0.331 e. The van der Waals surface area contributed by atoms with Crippen molar-refractivity contribution in [3.8, 4) is 11.5 Å². The van der Waals surface area contributed by atoms with E-state index in [1.54, 1.807) is 14.2 Å². The number of benzene rings is 2. The van der Waals surface area contributed by atoms with Crippen LogP contribution in [0.15, 0.2) is 72.8 Å². The van der Waals surface area contributed by atoms with Crippen molar-refractivity contribution in [2.75, 3.05) is 14.2 Å². The molecule has 210 valence electrons. The standard InChI is InChI=1S/C31H38O8/c1-21(35-19-22-9-13-24(33-4)14-10-22)29-30(39-31(2,3)38-29)27(18-17-26-7-6-8-28(32)37-26)36-20-23-11-15-25(34-5)16-12-23/h6,8-18,21,26-27,29-30H,7,19-20H2,1-5H3/b18-17-/t21-,26+,27+,29-,30+/m0/s1. The Labute approximate surface area is 230 Å². The van der Waals surface area contributed by atoms with Crippen molar-refractivity contribution in [3.63, 3.8) is 0 Å². The molecule has 8 heteroatoms. The van der Waals surface area contributed by atoms with Crippen molar-refractivity contribution in [2.45, 2.75) is 76.7 Å². The number of esters is 1. The Morgan fingerprint density at radius 2 is 1.46 bits per heavy atom. The predicted molar refractivity (Wildman–Crippen MR) is 145 cm³/mol. The average Bonchev–Trinajstić information content (AvgIpc) is 3.27. The van der Waals surface area contributed by atoms with Crippen LogP contribution in [0.2, 0.25) is 0 Å². The highest BCUT2D eigenvalue weighted by Crippen LogP contribution is 2.35. The molecule has 0 radical (unpaired) electrons. The van der Waals surface area contributed by atoms with Gasteiger partial charge in [-0.05, 0) is 62.2 Å². The lowest BCUT2D eigenvalue weighted by atomic mass is 10.0. The minimum atomic E-state index is -0.831. The van der Waals surface area contributed by atoms with E-state index in [0.717, 1.165) is 22.6 Å². The lowest BCUT2D eigenvalue weighted by Gasteiger charge is -2.28. The van der Waals surface area contributed by atoms with Gasteiger partial charge in [-0.1, -0.05) is 36.4 Å². The highest BCUT2D eigenvalue weighted by atomic mass is 16.8. The molecule has 2 aliphatic rings. The SMILES string of the molecule is COc1ccc(CO[C@@H](C)[C@@H]2OC(C)(C)O[C@@H]2[C@@H](/C=C\[C@H]2CC=CC(=O)O2)OCc2ccc(OC)cc2)cc1. The van der Waals surface area contributed by atoms with Crippen LogP contribution in [0.1, 0.15) is 38.3 Å². The molecule has 2 aliphatic heterocycles. The van der Waals surface area contributed by atoms with Crippen LogP contribution >= 0.6 is 0 Å².